The van der Waals surface area contributed by atoms with E-state index in [-0.39, 0.29) is 24.1 Å². The molecule has 2 rings (SSSR count). The topological polar surface area (TPSA) is 102 Å². The monoisotopic (exact) mass is 354 g/mol. The Labute approximate surface area is 141 Å². The number of nitrogens with one attached hydrogen (secondary N) is 2. The van der Waals surface area contributed by atoms with Crippen LogP contribution < -0.4 is 15.4 Å². The summed E-state index contributed by atoms with van der Waals surface area (Å²) < 4.78 is 27.9. The van der Waals surface area contributed by atoms with Crippen LogP contribution in [0, 0.1) is 0 Å². The Bertz CT molecular complexity index is 713. The van der Waals surface area contributed by atoms with Crippen molar-refractivity contribution in [2.24, 2.45) is 0 Å². The molecule has 2 N–H and O–H groups in total. The standard InChI is InChI=1S/C16H22N2O5S/c1-23-14-6-4-3-5-12(14)15(19)18-13(9-10-24(2,21)22)16(20)17-11-7-8-11/h3-6,11,13H,7-10H2,1-2H3,(H,17,20)(H,18,19)/t13-/m0/s1. The lowest BCUT2D eigenvalue weighted by atomic mass is 10.1. The Morgan fingerprint density at radius 3 is 2.54 bits per heavy atom. The molecule has 132 valence electrons. The van der Waals surface area contributed by atoms with Gasteiger partial charge in [-0.15, -0.1) is 0 Å². The summed E-state index contributed by atoms with van der Waals surface area (Å²) >= 11 is 0. The molecule has 0 bridgehead atoms. The third-order valence-corrected chi connectivity index (χ3v) is 4.65. The quantitative estimate of drug-likeness (QED) is 0.708. The number of methoxy groups -OCH3 is 1. The molecule has 1 saturated carbocycles. The molecule has 0 saturated heterocycles. The minimum absolute atomic E-state index is 0.0261. The highest BCUT2D eigenvalue weighted by Crippen LogP contribution is 2.20. The van der Waals surface area contributed by atoms with Crippen LogP contribution in [-0.2, 0) is 14.6 Å². The van der Waals surface area contributed by atoms with Crippen molar-refractivity contribution in [3.05, 3.63) is 29.8 Å². The van der Waals surface area contributed by atoms with Crippen LogP contribution in [0.5, 0.6) is 5.75 Å². The Morgan fingerprint density at radius 2 is 1.96 bits per heavy atom. The average molecular weight is 354 g/mol. The molecule has 24 heavy (non-hydrogen) atoms. The summed E-state index contributed by atoms with van der Waals surface area (Å²) in [6.45, 7) is 0. The van der Waals surface area contributed by atoms with E-state index in [9.17, 15) is 18.0 Å². The Kier molecular flexibility index (Phi) is 5.82. The van der Waals surface area contributed by atoms with Gasteiger partial charge in [-0.2, -0.15) is 0 Å². The smallest absolute Gasteiger partial charge is 0.255 e. The molecule has 1 aliphatic rings. The first-order chi connectivity index (χ1) is 11.3. The number of para-hydroxylation sites is 1. The maximum Gasteiger partial charge on any atom is 0.255 e. The summed E-state index contributed by atoms with van der Waals surface area (Å²) in [5.74, 6) is -0.622. The Hall–Kier alpha value is -2.09. The van der Waals surface area contributed by atoms with Crippen LogP contribution in [0.2, 0.25) is 0 Å². The molecule has 1 fully saturated rings. The van der Waals surface area contributed by atoms with Gasteiger partial charge >= 0.3 is 0 Å². The molecule has 1 atom stereocenters. The van der Waals surface area contributed by atoms with Gasteiger partial charge in [0.05, 0.1) is 18.4 Å². The van der Waals surface area contributed by atoms with Crippen molar-refractivity contribution in [3.8, 4) is 5.75 Å². The number of sulfone groups is 1. The first-order valence-corrected chi connectivity index (χ1v) is 9.78. The fraction of sp³-hybridized carbons (Fsp3) is 0.500. The van der Waals surface area contributed by atoms with Crippen molar-refractivity contribution < 1.29 is 22.7 Å². The van der Waals surface area contributed by atoms with E-state index in [4.69, 9.17) is 4.74 Å². The van der Waals surface area contributed by atoms with Crippen LogP contribution >= 0.6 is 0 Å². The summed E-state index contributed by atoms with van der Waals surface area (Å²) in [4.78, 5) is 24.7. The molecular formula is C16H22N2O5S. The lowest BCUT2D eigenvalue weighted by Gasteiger charge is -2.19. The van der Waals surface area contributed by atoms with Gasteiger partial charge in [-0.1, -0.05) is 12.1 Å². The highest BCUT2D eigenvalue weighted by atomic mass is 32.2. The molecule has 7 nitrogen and oxygen atoms in total. The van der Waals surface area contributed by atoms with E-state index in [1.807, 2.05) is 0 Å². The molecule has 0 radical (unpaired) electrons. The molecule has 1 aromatic rings. The highest BCUT2D eigenvalue weighted by Gasteiger charge is 2.29. The number of ether oxygens (including phenoxy) is 1. The molecule has 2 amide bonds. The largest absolute Gasteiger partial charge is 0.496 e. The summed E-state index contributed by atoms with van der Waals surface area (Å²) in [6.07, 6.45) is 2.94. The van der Waals surface area contributed by atoms with E-state index in [1.165, 1.54) is 7.11 Å². The van der Waals surface area contributed by atoms with Crippen LogP contribution in [0.3, 0.4) is 0 Å². The fourth-order valence-corrected chi connectivity index (χ4v) is 2.86. The summed E-state index contributed by atoms with van der Waals surface area (Å²) in [5, 5.41) is 5.41. The van der Waals surface area contributed by atoms with Crippen molar-refractivity contribution >= 4 is 21.7 Å². The van der Waals surface area contributed by atoms with Crippen molar-refractivity contribution in [1.82, 2.24) is 10.6 Å². The number of hydrogen-bond acceptors (Lipinski definition) is 5. The predicted octanol–water partition coefficient (Wildman–Crippen LogP) is 0.507. The van der Waals surface area contributed by atoms with Gasteiger partial charge in [-0.05, 0) is 31.4 Å². The van der Waals surface area contributed by atoms with E-state index in [1.54, 1.807) is 24.3 Å². The summed E-state index contributed by atoms with van der Waals surface area (Å²) in [7, 11) is -1.78. The lowest BCUT2D eigenvalue weighted by molar-refractivity contribution is -0.123. The third-order valence-electron chi connectivity index (χ3n) is 3.67. The molecule has 8 heteroatoms. The SMILES string of the molecule is COc1ccccc1C(=O)N[C@@H](CCS(C)(=O)=O)C(=O)NC1CC1. The molecule has 0 spiro atoms. The van der Waals surface area contributed by atoms with Crippen molar-refractivity contribution in [2.75, 3.05) is 19.1 Å². The van der Waals surface area contributed by atoms with Gasteiger partial charge in [0.1, 0.15) is 21.6 Å². The van der Waals surface area contributed by atoms with E-state index < -0.39 is 21.8 Å². The molecule has 1 aromatic carbocycles. The first kappa shape index (κ1) is 18.3. The number of carbonyl (C=O) groups excluding carboxylic acids is 2. The maximum atomic E-state index is 12.4. The summed E-state index contributed by atoms with van der Waals surface area (Å²) in [5.41, 5.74) is 0.295. The number of carbonyl (C=O) groups is 2. The highest BCUT2D eigenvalue weighted by molar-refractivity contribution is 7.90. The van der Waals surface area contributed by atoms with Gasteiger partial charge in [0.25, 0.3) is 5.91 Å². The van der Waals surface area contributed by atoms with Crippen molar-refractivity contribution in [3.63, 3.8) is 0 Å². The maximum absolute atomic E-state index is 12.4. The van der Waals surface area contributed by atoms with Gasteiger partial charge in [0.15, 0.2) is 0 Å². The number of rotatable bonds is 8. The number of benzene rings is 1. The van der Waals surface area contributed by atoms with Crippen LogP contribution in [0.25, 0.3) is 0 Å². The fourth-order valence-electron chi connectivity index (χ4n) is 2.20. The van der Waals surface area contributed by atoms with Crippen LogP contribution in [0.1, 0.15) is 29.6 Å². The van der Waals surface area contributed by atoms with E-state index >= 15 is 0 Å². The van der Waals surface area contributed by atoms with Crippen LogP contribution in [-0.4, -0.2) is 51.4 Å². The zero-order chi connectivity index (χ0) is 17.7. The van der Waals surface area contributed by atoms with E-state index in [0.29, 0.717) is 11.3 Å². The second-order valence-electron chi connectivity index (χ2n) is 5.93. The second kappa shape index (κ2) is 7.65. The van der Waals surface area contributed by atoms with Gasteiger partial charge in [0, 0.05) is 12.3 Å². The van der Waals surface area contributed by atoms with Crippen molar-refractivity contribution in [1.29, 1.82) is 0 Å². The number of amides is 2. The minimum Gasteiger partial charge on any atom is -0.496 e. The normalized spacial score (nSPS) is 15.4. The van der Waals surface area contributed by atoms with E-state index in [2.05, 4.69) is 10.6 Å². The zero-order valence-electron chi connectivity index (χ0n) is 13.7. The summed E-state index contributed by atoms with van der Waals surface area (Å²) in [6, 6.07) is 5.87. The Balaban J connectivity index is 2.10. The lowest BCUT2D eigenvalue weighted by Crippen LogP contribution is -2.48. The molecule has 0 heterocycles. The van der Waals surface area contributed by atoms with E-state index in [0.717, 1.165) is 19.1 Å². The average Bonchev–Trinajstić information content (AvgIpc) is 3.34. The molecule has 0 aliphatic heterocycles. The van der Waals surface area contributed by atoms with Gasteiger partial charge < -0.3 is 15.4 Å². The van der Waals surface area contributed by atoms with Gasteiger partial charge in [0.2, 0.25) is 5.91 Å². The Morgan fingerprint density at radius 1 is 1.29 bits per heavy atom. The van der Waals surface area contributed by atoms with Gasteiger partial charge in [-0.25, -0.2) is 8.42 Å². The molecule has 1 aliphatic carbocycles. The van der Waals surface area contributed by atoms with Crippen LogP contribution in [0.15, 0.2) is 24.3 Å². The van der Waals surface area contributed by atoms with Crippen molar-refractivity contribution in [2.45, 2.75) is 31.3 Å². The predicted molar refractivity (Wildman–Crippen MR) is 89.7 cm³/mol. The number of hydrogen-bond donors (Lipinski definition) is 2. The first-order valence-electron chi connectivity index (χ1n) is 7.72. The van der Waals surface area contributed by atoms with Crippen LogP contribution in [0.4, 0.5) is 0 Å². The zero-order valence-corrected chi connectivity index (χ0v) is 14.6. The molecule has 0 unspecified atom stereocenters. The molecular weight excluding hydrogens is 332 g/mol. The third kappa shape index (κ3) is 5.52. The van der Waals surface area contributed by atoms with Gasteiger partial charge in [-0.3, -0.25) is 9.59 Å². The molecule has 0 aromatic heterocycles. The second-order valence-corrected chi connectivity index (χ2v) is 8.19. The minimum atomic E-state index is -3.23.